The van der Waals surface area contributed by atoms with Crippen molar-refractivity contribution in [2.24, 2.45) is 0 Å². The van der Waals surface area contributed by atoms with Gasteiger partial charge in [-0.15, -0.1) is 0 Å². The number of benzene rings is 4. The lowest BCUT2D eigenvalue weighted by Crippen LogP contribution is -2.54. The molecule has 0 saturated heterocycles. The first-order chi connectivity index (χ1) is 22.0. The van der Waals surface area contributed by atoms with Gasteiger partial charge in [0.1, 0.15) is 12.6 Å². The Balaban J connectivity index is 1.84. The van der Waals surface area contributed by atoms with Crippen molar-refractivity contribution in [3.05, 3.63) is 119 Å². The number of methoxy groups -OCH3 is 2. The molecule has 2 amide bonds. The molecule has 0 radical (unpaired) electrons. The second kappa shape index (κ2) is 15.6. The van der Waals surface area contributed by atoms with Crippen LogP contribution in [-0.4, -0.2) is 58.0 Å². The number of nitrogens with zero attached hydrogens (tertiary/aromatic N) is 2. The lowest BCUT2D eigenvalue weighted by molar-refractivity contribution is -0.140. The third-order valence-corrected chi connectivity index (χ3v) is 9.23. The fourth-order valence-corrected chi connectivity index (χ4v) is 6.64. The molecule has 4 aromatic carbocycles. The Kier molecular flexibility index (Phi) is 11.7. The van der Waals surface area contributed by atoms with Crippen LogP contribution in [0, 0.1) is 0 Å². The maximum atomic E-state index is 14.5. The molecule has 1 N–H and O–H groups in total. The number of carbonyl (C=O) groups excluding carboxylic acids is 2. The van der Waals surface area contributed by atoms with E-state index in [0.717, 1.165) is 9.87 Å². The lowest BCUT2D eigenvalue weighted by Gasteiger charge is -2.34. The average molecular weight is 664 g/mol. The number of sulfonamides is 1. The number of nitrogens with one attached hydrogen (secondary N) is 1. The van der Waals surface area contributed by atoms with E-state index in [9.17, 15) is 18.0 Å². The number of amides is 2. The molecule has 0 saturated carbocycles. The van der Waals surface area contributed by atoms with E-state index in [0.29, 0.717) is 16.3 Å². The minimum absolute atomic E-state index is 0.00244. The van der Waals surface area contributed by atoms with Gasteiger partial charge in [-0.25, -0.2) is 8.42 Å². The summed E-state index contributed by atoms with van der Waals surface area (Å²) in [6.45, 7) is 3.08. The Labute approximate surface area is 275 Å². The van der Waals surface area contributed by atoms with Gasteiger partial charge in [-0.3, -0.25) is 13.9 Å². The third-order valence-electron chi connectivity index (χ3n) is 7.21. The van der Waals surface area contributed by atoms with Crippen molar-refractivity contribution in [1.29, 1.82) is 0 Å². The maximum absolute atomic E-state index is 14.5. The van der Waals surface area contributed by atoms with E-state index in [-0.39, 0.29) is 41.2 Å². The molecule has 1 unspecified atom stereocenters. The summed E-state index contributed by atoms with van der Waals surface area (Å²) in [6.07, 6.45) is 0.202. The van der Waals surface area contributed by atoms with Crippen LogP contribution in [0.4, 0.5) is 5.69 Å². The SMILES string of the molecule is COc1ccc(N(CC(=O)N(Cc2cccc(Cl)c2)C(Cc2ccccc2)C(=O)NC(C)C)S(=O)(=O)c2ccccc2)cc1OC. The second-order valence-electron chi connectivity index (χ2n) is 10.9. The zero-order chi connectivity index (χ0) is 33.3. The monoisotopic (exact) mass is 663 g/mol. The van der Waals surface area contributed by atoms with E-state index < -0.39 is 28.5 Å². The molecule has 1 atom stereocenters. The molecule has 9 nitrogen and oxygen atoms in total. The van der Waals surface area contributed by atoms with E-state index in [4.69, 9.17) is 21.1 Å². The maximum Gasteiger partial charge on any atom is 0.264 e. The molecule has 0 aliphatic carbocycles. The lowest BCUT2D eigenvalue weighted by atomic mass is 10.0. The van der Waals surface area contributed by atoms with E-state index in [1.54, 1.807) is 54.6 Å². The highest BCUT2D eigenvalue weighted by molar-refractivity contribution is 7.92. The second-order valence-corrected chi connectivity index (χ2v) is 13.2. The van der Waals surface area contributed by atoms with E-state index in [1.165, 1.54) is 37.3 Å². The number of hydrogen-bond donors (Lipinski definition) is 1. The molecule has 0 aliphatic rings. The molecular weight excluding hydrogens is 626 g/mol. The molecule has 0 fully saturated rings. The van der Waals surface area contributed by atoms with Crippen LogP contribution in [0.25, 0.3) is 0 Å². The summed E-state index contributed by atoms with van der Waals surface area (Å²) in [5, 5.41) is 3.41. The number of ether oxygens (including phenoxy) is 2. The number of hydrogen-bond acceptors (Lipinski definition) is 6. The smallest absolute Gasteiger partial charge is 0.264 e. The van der Waals surface area contributed by atoms with Crippen molar-refractivity contribution in [2.45, 2.75) is 43.8 Å². The van der Waals surface area contributed by atoms with Gasteiger partial charge in [0.25, 0.3) is 10.0 Å². The van der Waals surface area contributed by atoms with Crippen molar-refractivity contribution in [3.63, 3.8) is 0 Å². The molecule has 242 valence electrons. The normalized spacial score (nSPS) is 11.9. The van der Waals surface area contributed by atoms with Gasteiger partial charge in [-0.1, -0.05) is 72.3 Å². The van der Waals surface area contributed by atoms with Crippen LogP contribution in [0.2, 0.25) is 5.02 Å². The fourth-order valence-electron chi connectivity index (χ4n) is 5.00. The van der Waals surface area contributed by atoms with Crippen molar-refractivity contribution < 1.29 is 27.5 Å². The average Bonchev–Trinajstić information content (AvgIpc) is 3.05. The summed E-state index contributed by atoms with van der Waals surface area (Å²) in [6, 6.07) is 27.7. The van der Waals surface area contributed by atoms with Crippen LogP contribution in [0.1, 0.15) is 25.0 Å². The first-order valence-electron chi connectivity index (χ1n) is 14.7. The van der Waals surface area contributed by atoms with Crippen molar-refractivity contribution in [3.8, 4) is 11.5 Å². The molecule has 46 heavy (non-hydrogen) atoms. The Morgan fingerprint density at radius 3 is 2.04 bits per heavy atom. The van der Waals surface area contributed by atoms with Crippen LogP contribution in [0.3, 0.4) is 0 Å². The molecule has 4 rings (SSSR count). The minimum atomic E-state index is -4.26. The van der Waals surface area contributed by atoms with Gasteiger partial charge >= 0.3 is 0 Å². The van der Waals surface area contributed by atoms with Gasteiger partial charge in [0.15, 0.2) is 11.5 Å². The molecule has 11 heteroatoms. The Hall–Kier alpha value is -4.54. The topological polar surface area (TPSA) is 105 Å². The van der Waals surface area contributed by atoms with Crippen LogP contribution in [-0.2, 0) is 32.6 Å². The number of rotatable bonds is 14. The van der Waals surface area contributed by atoms with Crippen LogP contribution in [0.15, 0.2) is 108 Å². The van der Waals surface area contributed by atoms with Crippen LogP contribution in [0.5, 0.6) is 11.5 Å². The highest BCUT2D eigenvalue weighted by atomic mass is 35.5. The van der Waals surface area contributed by atoms with Gasteiger partial charge in [0.05, 0.1) is 24.8 Å². The summed E-state index contributed by atoms with van der Waals surface area (Å²) in [5.74, 6) is -0.271. The highest BCUT2D eigenvalue weighted by Gasteiger charge is 2.35. The Bertz CT molecular complexity index is 1740. The van der Waals surface area contributed by atoms with Crippen molar-refractivity contribution in [2.75, 3.05) is 25.1 Å². The summed E-state index contributed by atoms with van der Waals surface area (Å²) < 4.78 is 40.2. The molecular formula is C35H38ClN3O6S. The van der Waals surface area contributed by atoms with E-state index in [1.807, 2.05) is 44.2 Å². The minimum Gasteiger partial charge on any atom is -0.493 e. The van der Waals surface area contributed by atoms with Crippen molar-refractivity contribution >= 4 is 39.1 Å². The van der Waals surface area contributed by atoms with Crippen LogP contribution < -0.4 is 19.1 Å². The standard InChI is InChI=1S/C35H38ClN3O6S/c1-25(2)37-35(41)31(21-26-12-7-5-8-13-26)38(23-27-14-11-15-28(36)20-27)34(40)24-39(46(42,43)30-16-9-6-10-17-30)29-18-19-32(44-3)33(22-29)45-4/h5-20,22,25,31H,21,23-24H2,1-4H3,(H,37,41). The summed E-state index contributed by atoms with van der Waals surface area (Å²) in [4.78, 5) is 29.8. The van der Waals surface area contributed by atoms with Crippen LogP contribution >= 0.6 is 11.6 Å². The predicted octanol–water partition coefficient (Wildman–Crippen LogP) is 5.72. The predicted molar refractivity (Wildman–Crippen MR) is 180 cm³/mol. The number of anilines is 1. The van der Waals surface area contributed by atoms with E-state index >= 15 is 0 Å². The number of halogens is 1. The largest absolute Gasteiger partial charge is 0.493 e. The zero-order valence-electron chi connectivity index (χ0n) is 26.2. The van der Waals surface area contributed by atoms with Gasteiger partial charge in [-0.2, -0.15) is 0 Å². The highest BCUT2D eigenvalue weighted by Crippen LogP contribution is 2.34. The third kappa shape index (κ3) is 8.58. The van der Waals surface area contributed by atoms with Gasteiger partial charge in [0, 0.05) is 30.1 Å². The molecule has 0 aromatic heterocycles. The zero-order valence-corrected chi connectivity index (χ0v) is 27.8. The fraction of sp³-hybridized carbons (Fsp3) is 0.257. The number of carbonyl (C=O) groups is 2. The summed E-state index contributed by atoms with van der Waals surface area (Å²) in [5.41, 5.74) is 1.70. The summed E-state index contributed by atoms with van der Waals surface area (Å²) >= 11 is 6.30. The van der Waals surface area contributed by atoms with Gasteiger partial charge in [0.2, 0.25) is 11.8 Å². The van der Waals surface area contributed by atoms with E-state index in [2.05, 4.69) is 5.32 Å². The molecule has 0 heterocycles. The summed E-state index contributed by atoms with van der Waals surface area (Å²) in [7, 11) is -1.35. The Morgan fingerprint density at radius 1 is 0.804 bits per heavy atom. The van der Waals surface area contributed by atoms with Gasteiger partial charge in [-0.05, 0) is 61.4 Å². The quantitative estimate of drug-likeness (QED) is 0.185. The van der Waals surface area contributed by atoms with Crippen molar-refractivity contribution in [1.82, 2.24) is 10.2 Å². The van der Waals surface area contributed by atoms with Gasteiger partial charge < -0.3 is 19.7 Å². The molecule has 0 spiro atoms. The first kappa shape index (κ1) is 34.3. The molecule has 0 aliphatic heterocycles. The molecule has 0 bridgehead atoms. The molecule has 4 aromatic rings. The Morgan fingerprint density at radius 2 is 1.43 bits per heavy atom. The first-order valence-corrected chi connectivity index (χ1v) is 16.5.